The van der Waals surface area contributed by atoms with Crippen LogP contribution in [-0.2, 0) is 16.8 Å². The molecule has 0 spiro atoms. The fourth-order valence-corrected chi connectivity index (χ4v) is 4.17. The molecule has 148 valence electrons. The molecule has 2 heterocycles. The Morgan fingerprint density at radius 1 is 1.26 bits per heavy atom. The number of nitrogens with one attached hydrogen (secondary N) is 1. The summed E-state index contributed by atoms with van der Waals surface area (Å²) in [6.07, 6.45) is 4.98. The third-order valence-corrected chi connectivity index (χ3v) is 6.56. The van der Waals surface area contributed by atoms with Crippen molar-refractivity contribution in [2.75, 3.05) is 39.6 Å². The zero-order chi connectivity index (χ0) is 19.4. The van der Waals surface area contributed by atoms with Gasteiger partial charge in [0.05, 0.1) is 19.3 Å². The van der Waals surface area contributed by atoms with Gasteiger partial charge in [-0.15, -0.1) is 0 Å². The SMILES string of the molecule is COc1ccccc1NC1CCN(Cc2nccn2S(=O)(=O)N(C)C)CC1. The fraction of sp³-hybridized carbons (Fsp3) is 0.500. The van der Waals surface area contributed by atoms with Gasteiger partial charge in [0.15, 0.2) is 0 Å². The number of anilines is 1. The van der Waals surface area contributed by atoms with Crippen molar-refractivity contribution in [3.8, 4) is 5.75 Å². The predicted molar refractivity (Wildman–Crippen MR) is 105 cm³/mol. The van der Waals surface area contributed by atoms with Crippen molar-refractivity contribution in [3.63, 3.8) is 0 Å². The van der Waals surface area contributed by atoms with Gasteiger partial charge >= 0.3 is 10.2 Å². The van der Waals surface area contributed by atoms with Crippen LogP contribution in [-0.4, -0.2) is 66.9 Å². The van der Waals surface area contributed by atoms with Gasteiger partial charge in [-0.3, -0.25) is 4.90 Å². The minimum atomic E-state index is -3.54. The maximum atomic E-state index is 12.4. The Hall–Kier alpha value is -2.10. The second-order valence-corrected chi connectivity index (χ2v) is 8.84. The third-order valence-electron chi connectivity index (χ3n) is 4.81. The van der Waals surface area contributed by atoms with Crippen LogP contribution in [0.2, 0.25) is 0 Å². The Morgan fingerprint density at radius 2 is 1.96 bits per heavy atom. The first-order valence-corrected chi connectivity index (χ1v) is 10.4. The van der Waals surface area contributed by atoms with E-state index in [0.29, 0.717) is 18.4 Å². The van der Waals surface area contributed by atoms with Crippen LogP contribution in [0.1, 0.15) is 18.7 Å². The Kier molecular flexibility index (Phi) is 6.03. The first kappa shape index (κ1) is 19.7. The summed E-state index contributed by atoms with van der Waals surface area (Å²) in [7, 11) is 1.18. The molecule has 1 N–H and O–H groups in total. The number of aromatic nitrogens is 2. The molecule has 0 atom stereocenters. The summed E-state index contributed by atoms with van der Waals surface area (Å²) in [6.45, 7) is 2.27. The molecule has 1 saturated heterocycles. The lowest BCUT2D eigenvalue weighted by molar-refractivity contribution is 0.206. The molecule has 1 aliphatic heterocycles. The molecular formula is C18H27N5O3S. The number of hydrogen-bond acceptors (Lipinski definition) is 6. The van der Waals surface area contributed by atoms with Crippen molar-refractivity contribution < 1.29 is 13.2 Å². The highest BCUT2D eigenvalue weighted by molar-refractivity contribution is 7.87. The van der Waals surface area contributed by atoms with Crippen molar-refractivity contribution in [2.45, 2.75) is 25.4 Å². The summed E-state index contributed by atoms with van der Waals surface area (Å²) in [6, 6.07) is 8.28. The zero-order valence-corrected chi connectivity index (χ0v) is 16.8. The maximum absolute atomic E-state index is 12.4. The Balaban J connectivity index is 1.59. The topological polar surface area (TPSA) is 79.7 Å². The smallest absolute Gasteiger partial charge is 0.308 e. The van der Waals surface area contributed by atoms with Gasteiger partial charge in [-0.25, -0.2) is 8.96 Å². The van der Waals surface area contributed by atoms with E-state index >= 15 is 0 Å². The van der Waals surface area contributed by atoms with Crippen molar-refractivity contribution in [1.29, 1.82) is 0 Å². The largest absolute Gasteiger partial charge is 0.495 e. The van der Waals surface area contributed by atoms with Gasteiger partial charge in [0.25, 0.3) is 0 Å². The highest BCUT2D eigenvalue weighted by Gasteiger charge is 2.24. The third kappa shape index (κ3) is 4.42. The number of benzene rings is 1. The zero-order valence-electron chi connectivity index (χ0n) is 16.0. The number of likely N-dealkylation sites (tertiary alicyclic amines) is 1. The monoisotopic (exact) mass is 393 g/mol. The van der Waals surface area contributed by atoms with E-state index in [0.717, 1.165) is 37.4 Å². The molecule has 1 fully saturated rings. The first-order chi connectivity index (χ1) is 12.9. The normalized spacial score (nSPS) is 16.6. The predicted octanol–water partition coefficient (Wildman–Crippen LogP) is 1.62. The second-order valence-electron chi connectivity index (χ2n) is 6.82. The molecule has 3 rings (SSSR count). The van der Waals surface area contributed by atoms with E-state index in [1.165, 1.54) is 34.8 Å². The molecule has 0 amide bonds. The number of rotatable bonds is 7. The lowest BCUT2D eigenvalue weighted by Gasteiger charge is -2.33. The van der Waals surface area contributed by atoms with Crippen LogP contribution < -0.4 is 10.1 Å². The van der Waals surface area contributed by atoms with Gasteiger partial charge in [0.1, 0.15) is 11.6 Å². The minimum absolute atomic E-state index is 0.364. The summed E-state index contributed by atoms with van der Waals surface area (Å²) in [4.78, 5) is 6.49. The Labute approximate surface area is 160 Å². The molecule has 0 bridgehead atoms. The van der Waals surface area contributed by atoms with Gasteiger partial charge < -0.3 is 10.1 Å². The van der Waals surface area contributed by atoms with Crippen molar-refractivity contribution in [1.82, 2.24) is 18.2 Å². The summed E-state index contributed by atoms with van der Waals surface area (Å²) >= 11 is 0. The number of para-hydroxylation sites is 2. The molecule has 1 aliphatic rings. The summed E-state index contributed by atoms with van der Waals surface area (Å²) in [5.74, 6) is 1.38. The van der Waals surface area contributed by atoms with Gasteiger partial charge in [0, 0.05) is 45.6 Å². The average molecular weight is 394 g/mol. The molecule has 1 aromatic heterocycles. The second kappa shape index (κ2) is 8.28. The summed E-state index contributed by atoms with van der Waals surface area (Å²) < 4.78 is 32.6. The van der Waals surface area contributed by atoms with Crippen LogP contribution in [0.5, 0.6) is 5.75 Å². The van der Waals surface area contributed by atoms with Crippen LogP contribution in [0.15, 0.2) is 36.7 Å². The highest BCUT2D eigenvalue weighted by atomic mass is 32.2. The number of hydrogen-bond donors (Lipinski definition) is 1. The molecule has 1 aromatic carbocycles. The van der Waals surface area contributed by atoms with Crippen LogP contribution in [0.4, 0.5) is 5.69 Å². The van der Waals surface area contributed by atoms with Crippen molar-refractivity contribution >= 4 is 15.9 Å². The highest BCUT2D eigenvalue weighted by Crippen LogP contribution is 2.26. The van der Waals surface area contributed by atoms with Gasteiger partial charge in [-0.05, 0) is 25.0 Å². The Morgan fingerprint density at radius 3 is 2.63 bits per heavy atom. The maximum Gasteiger partial charge on any atom is 0.308 e. The Bertz CT molecular complexity index is 857. The standard InChI is InChI=1S/C18H27N5O3S/c1-21(2)27(24,25)23-13-10-19-18(23)14-22-11-8-15(9-12-22)20-16-6-4-5-7-17(16)26-3/h4-7,10,13,15,20H,8-9,11-12,14H2,1-3H3. The summed E-state index contributed by atoms with van der Waals surface area (Å²) in [5, 5.41) is 3.56. The molecule has 8 nitrogen and oxygen atoms in total. The van der Waals surface area contributed by atoms with Crippen molar-refractivity contribution in [2.24, 2.45) is 0 Å². The van der Waals surface area contributed by atoms with Gasteiger partial charge in [0.2, 0.25) is 0 Å². The molecule has 0 saturated carbocycles. The fourth-order valence-electron chi connectivity index (χ4n) is 3.24. The number of imidazole rings is 1. The average Bonchev–Trinajstić information content (AvgIpc) is 3.12. The van der Waals surface area contributed by atoms with E-state index in [4.69, 9.17) is 4.74 Å². The molecule has 0 unspecified atom stereocenters. The molecule has 9 heteroatoms. The molecule has 2 aromatic rings. The number of ether oxygens (including phenoxy) is 1. The quantitative estimate of drug-likeness (QED) is 0.770. The number of methoxy groups -OCH3 is 1. The number of nitrogens with zero attached hydrogens (tertiary/aromatic N) is 4. The molecule has 0 aliphatic carbocycles. The van der Waals surface area contributed by atoms with Crippen LogP contribution >= 0.6 is 0 Å². The molecule has 0 radical (unpaired) electrons. The van der Waals surface area contributed by atoms with Gasteiger partial charge in [-0.1, -0.05) is 12.1 Å². The van der Waals surface area contributed by atoms with E-state index < -0.39 is 10.2 Å². The van der Waals surface area contributed by atoms with Crippen LogP contribution in [0, 0.1) is 0 Å². The molecular weight excluding hydrogens is 366 g/mol. The number of piperidine rings is 1. The van der Waals surface area contributed by atoms with E-state index in [2.05, 4.69) is 15.2 Å². The minimum Gasteiger partial charge on any atom is -0.495 e. The molecule has 27 heavy (non-hydrogen) atoms. The first-order valence-electron chi connectivity index (χ1n) is 8.99. The van der Waals surface area contributed by atoms with Gasteiger partial charge in [-0.2, -0.15) is 12.7 Å². The lowest BCUT2D eigenvalue weighted by atomic mass is 10.0. The van der Waals surface area contributed by atoms with E-state index in [-0.39, 0.29) is 0 Å². The van der Waals surface area contributed by atoms with Crippen LogP contribution in [0.3, 0.4) is 0 Å². The summed E-state index contributed by atoms with van der Waals surface area (Å²) in [5.41, 5.74) is 1.01. The van der Waals surface area contributed by atoms with E-state index in [1.54, 1.807) is 7.11 Å². The van der Waals surface area contributed by atoms with E-state index in [1.807, 2.05) is 24.3 Å². The lowest BCUT2D eigenvalue weighted by Crippen LogP contribution is -2.40. The van der Waals surface area contributed by atoms with Crippen LogP contribution in [0.25, 0.3) is 0 Å². The van der Waals surface area contributed by atoms with Crippen molar-refractivity contribution in [3.05, 3.63) is 42.5 Å². The van der Waals surface area contributed by atoms with E-state index in [9.17, 15) is 8.42 Å².